The molecule has 2 atom stereocenters. The molecular formula is C12H18N2O2S. The molecule has 0 saturated heterocycles. The minimum absolute atomic E-state index is 0.345. The van der Waals surface area contributed by atoms with Crippen molar-refractivity contribution in [2.45, 2.75) is 48.3 Å². The third-order valence-corrected chi connectivity index (χ3v) is 4.75. The topological polar surface area (TPSA) is 82.2 Å². The summed E-state index contributed by atoms with van der Waals surface area (Å²) in [6.45, 7) is 1.94. The van der Waals surface area contributed by atoms with Crippen LogP contribution in [0.1, 0.15) is 31.4 Å². The van der Waals surface area contributed by atoms with Gasteiger partial charge in [0.15, 0.2) is 0 Å². The van der Waals surface area contributed by atoms with Crippen molar-refractivity contribution >= 4 is 17.7 Å². The highest BCUT2D eigenvalue weighted by atomic mass is 32.2. The van der Waals surface area contributed by atoms with Crippen molar-refractivity contribution in [1.29, 1.82) is 0 Å². The Hall–Kier alpha value is -0.940. The molecule has 1 fully saturated rings. The van der Waals surface area contributed by atoms with Crippen molar-refractivity contribution in [3.05, 3.63) is 18.1 Å². The zero-order valence-electron chi connectivity index (χ0n) is 9.94. The minimum Gasteiger partial charge on any atom is -0.468 e. The Morgan fingerprint density at radius 3 is 3.00 bits per heavy atom. The number of carbonyl (C=O) groups is 1. The second-order valence-electron chi connectivity index (χ2n) is 4.70. The highest BCUT2D eigenvalue weighted by Gasteiger charge is 2.38. The SMILES string of the molecule is Cc1occc1SC1CCCC(N)(C(N)=O)C1. The maximum Gasteiger partial charge on any atom is 0.237 e. The van der Waals surface area contributed by atoms with E-state index in [1.54, 1.807) is 18.0 Å². The van der Waals surface area contributed by atoms with E-state index in [2.05, 4.69) is 0 Å². The van der Waals surface area contributed by atoms with E-state index in [-0.39, 0.29) is 5.91 Å². The van der Waals surface area contributed by atoms with E-state index >= 15 is 0 Å². The predicted octanol–water partition coefficient (Wildman–Crippen LogP) is 1.81. The second kappa shape index (κ2) is 4.74. The number of hydrogen-bond donors (Lipinski definition) is 2. The van der Waals surface area contributed by atoms with Gasteiger partial charge in [-0.1, -0.05) is 0 Å². The van der Waals surface area contributed by atoms with Crippen LogP contribution in [0.25, 0.3) is 0 Å². The first kappa shape index (κ1) is 12.5. The zero-order chi connectivity index (χ0) is 12.5. The zero-order valence-corrected chi connectivity index (χ0v) is 10.8. The molecule has 2 unspecified atom stereocenters. The average Bonchev–Trinajstić information content (AvgIpc) is 2.64. The van der Waals surface area contributed by atoms with Gasteiger partial charge < -0.3 is 15.9 Å². The summed E-state index contributed by atoms with van der Waals surface area (Å²) in [6.07, 6.45) is 5.06. The lowest BCUT2D eigenvalue weighted by Gasteiger charge is -2.34. The molecule has 0 aromatic carbocycles. The molecule has 17 heavy (non-hydrogen) atoms. The monoisotopic (exact) mass is 254 g/mol. The van der Waals surface area contributed by atoms with Crippen LogP contribution in [0.5, 0.6) is 0 Å². The average molecular weight is 254 g/mol. The van der Waals surface area contributed by atoms with Gasteiger partial charge in [-0.25, -0.2) is 0 Å². The highest BCUT2D eigenvalue weighted by Crippen LogP contribution is 2.38. The molecule has 94 valence electrons. The number of nitrogens with two attached hydrogens (primary N) is 2. The fourth-order valence-corrected chi connectivity index (χ4v) is 3.63. The first-order valence-electron chi connectivity index (χ1n) is 5.81. The van der Waals surface area contributed by atoms with Crippen LogP contribution in [0, 0.1) is 6.92 Å². The molecule has 4 N–H and O–H groups in total. The Labute approximate surface area is 105 Å². The second-order valence-corrected chi connectivity index (χ2v) is 6.04. The van der Waals surface area contributed by atoms with Crippen LogP contribution in [0.2, 0.25) is 0 Å². The molecule has 5 heteroatoms. The maximum absolute atomic E-state index is 11.4. The molecule has 0 bridgehead atoms. The minimum atomic E-state index is -0.826. The first-order valence-corrected chi connectivity index (χ1v) is 6.69. The van der Waals surface area contributed by atoms with Gasteiger partial charge in [0.1, 0.15) is 5.76 Å². The molecular weight excluding hydrogens is 236 g/mol. The molecule has 1 aromatic heterocycles. The molecule has 1 amide bonds. The van der Waals surface area contributed by atoms with Gasteiger partial charge >= 0.3 is 0 Å². The van der Waals surface area contributed by atoms with Crippen LogP contribution in [0.15, 0.2) is 21.6 Å². The van der Waals surface area contributed by atoms with Crippen LogP contribution < -0.4 is 11.5 Å². The summed E-state index contributed by atoms with van der Waals surface area (Å²) in [5.41, 5.74) is 10.6. The van der Waals surface area contributed by atoms with E-state index < -0.39 is 5.54 Å². The highest BCUT2D eigenvalue weighted by molar-refractivity contribution is 8.00. The van der Waals surface area contributed by atoms with Crippen LogP contribution >= 0.6 is 11.8 Å². The molecule has 1 heterocycles. The Morgan fingerprint density at radius 1 is 1.65 bits per heavy atom. The van der Waals surface area contributed by atoms with Crippen molar-refractivity contribution in [1.82, 2.24) is 0 Å². The molecule has 0 aliphatic heterocycles. The van der Waals surface area contributed by atoms with Crippen molar-refractivity contribution in [3.8, 4) is 0 Å². The summed E-state index contributed by atoms with van der Waals surface area (Å²) in [7, 11) is 0. The lowest BCUT2D eigenvalue weighted by Crippen LogP contribution is -2.55. The lowest BCUT2D eigenvalue weighted by atomic mass is 9.82. The van der Waals surface area contributed by atoms with Gasteiger partial charge in [-0.2, -0.15) is 0 Å². The maximum atomic E-state index is 11.4. The van der Waals surface area contributed by atoms with E-state index in [1.807, 2.05) is 13.0 Å². The van der Waals surface area contributed by atoms with Crippen LogP contribution in [0.3, 0.4) is 0 Å². The summed E-state index contributed by atoms with van der Waals surface area (Å²) in [5, 5.41) is 0.345. The molecule has 4 nitrogen and oxygen atoms in total. The van der Waals surface area contributed by atoms with E-state index in [0.29, 0.717) is 18.1 Å². The van der Waals surface area contributed by atoms with Gasteiger partial charge in [0.25, 0.3) is 0 Å². The molecule has 2 rings (SSSR count). The first-order chi connectivity index (χ1) is 8.01. The Morgan fingerprint density at radius 2 is 2.41 bits per heavy atom. The van der Waals surface area contributed by atoms with Crippen molar-refractivity contribution in [3.63, 3.8) is 0 Å². The fraction of sp³-hybridized carbons (Fsp3) is 0.583. The van der Waals surface area contributed by atoms with Gasteiger partial charge in [0.05, 0.1) is 11.8 Å². The molecule has 0 radical (unpaired) electrons. The third-order valence-electron chi connectivity index (χ3n) is 3.34. The molecule has 0 spiro atoms. The molecule has 1 saturated carbocycles. The Kier molecular flexibility index (Phi) is 3.49. The number of rotatable bonds is 3. The van der Waals surface area contributed by atoms with Crippen LogP contribution in [-0.4, -0.2) is 16.7 Å². The van der Waals surface area contributed by atoms with Gasteiger partial charge in [0, 0.05) is 10.1 Å². The largest absolute Gasteiger partial charge is 0.468 e. The van der Waals surface area contributed by atoms with Crippen molar-refractivity contribution in [2.24, 2.45) is 11.5 Å². The smallest absolute Gasteiger partial charge is 0.237 e. The molecule has 1 aliphatic carbocycles. The van der Waals surface area contributed by atoms with E-state index in [9.17, 15) is 4.79 Å². The van der Waals surface area contributed by atoms with Gasteiger partial charge in [-0.3, -0.25) is 4.79 Å². The van der Waals surface area contributed by atoms with Gasteiger partial charge in [0.2, 0.25) is 5.91 Å². The summed E-state index contributed by atoms with van der Waals surface area (Å²) in [5.74, 6) is 0.536. The van der Waals surface area contributed by atoms with Crippen molar-refractivity contribution in [2.75, 3.05) is 0 Å². The normalized spacial score (nSPS) is 29.2. The summed E-state index contributed by atoms with van der Waals surface area (Å²) in [6, 6.07) is 1.96. The fourth-order valence-electron chi connectivity index (χ4n) is 2.26. The van der Waals surface area contributed by atoms with Gasteiger partial charge in [-0.15, -0.1) is 11.8 Å². The number of aryl methyl sites for hydroxylation is 1. The number of primary amides is 1. The lowest BCUT2D eigenvalue weighted by molar-refractivity contribution is -0.124. The van der Waals surface area contributed by atoms with Gasteiger partial charge in [-0.05, 0) is 38.7 Å². The predicted molar refractivity (Wildman–Crippen MR) is 67.7 cm³/mol. The van der Waals surface area contributed by atoms with E-state index in [0.717, 1.165) is 23.5 Å². The summed E-state index contributed by atoms with van der Waals surface area (Å²) < 4.78 is 5.26. The number of hydrogen-bond acceptors (Lipinski definition) is 4. The number of amides is 1. The standard InChI is InChI=1S/C12H18N2O2S/c1-8-10(4-6-16-8)17-9-3-2-5-12(14,7-9)11(13)15/h4,6,9H,2-3,5,7,14H2,1H3,(H2,13,15). The Bertz CT molecular complexity index is 418. The van der Waals surface area contributed by atoms with Crippen LogP contribution in [0.4, 0.5) is 0 Å². The molecule has 1 aliphatic rings. The summed E-state index contributed by atoms with van der Waals surface area (Å²) in [4.78, 5) is 12.5. The Balaban J connectivity index is 2.03. The van der Waals surface area contributed by atoms with E-state index in [1.165, 1.54) is 0 Å². The number of thioether (sulfide) groups is 1. The number of furan rings is 1. The third kappa shape index (κ3) is 2.66. The quantitative estimate of drug-likeness (QED) is 0.861. The van der Waals surface area contributed by atoms with Crippen molar-refractivity contribution < 1.29 is 9.21 Å². The van der Waals surface area contributed by atoms with E-state index in [4.69, 9.17) is 15.9 Å². The number of carbonyl (C=O) groups excluding carboxylic acids is 1. The van der Waals surface area contributed by atoms with Crippen LogP contribution in [-0.2, 0) is 4.79 Å². The summed E-state index contributed by atoms with van der Waals surface area (Å²) >= 11 is 1.74. The molecule has 1 aromatic rings.